The summed E-state index contributed by atoms with van der Waals surface area (Å²) in [6, 6.07) is 19.5. The predicted molar refractivity (Wildman–Crippen MR) is 118 cm³/mol. The van der Waals surface area contributed by atoms with E-state index in [1.807, 2.05) is 56.3 Å². The lowest BCUT2D eigenvalue weighted by molar-refractivity contribution is 0.0955. The molecule has 0 bridgehead atoms. The summed E-state index contributed by atoms with van der Waals surface area (Å²) in [5, 5.41) is 25.1. The van der Waals surface area contributed by atoms with Gasteiger partial charge in [0, 0.05) is 16.6 Å². The zero-order valence-electron chi connectivity index (χ0n) is 16.6. The molecule has 150 valence electrons. The Morgan fingerprint density at radius 3 is 2.43 bits per heavy atom. The fourth-order valence-electron chi connectivity index (χ4n) is 3.34. The number of phenolic OH excluding ortho intramolecular Hbond substituents is 1. The number of benzene rings is 3. The number of aromatic hydroxyl groups is 2. The van der Waals surface area contributed by atoms with Gasteiger partial charge in [0.1, 0.15) is 5.75 Å². The van der Waals surface area contributed by atoms with Crippen LogP contribution in [0.1, 0.15) is 27.0 Å². The number of para-hydroxylation sites is 1. The number of rotatable bonds is 4. The second kappa shape index (κ2) is 7.75. The number of nitrogens with one attached hydrogen (secondary N) is 1. The molecule has 0 saturated heterocycles. The smallest absolute Gasteiger partial charge is 0.271 e. The topological polar surface area (TPSA) is 86.9 Å². The van der Waals surface area contributed by atoms with Gasteiger partial charge in [0.05, 0.1) is 17.3 Å². The number of hydrogen-bond donors (Lipinski definition) is 3. The van der Waals surface area contributed by atoms with E-state index < -0.39 is 5.91 Å². The monoisotopic (exact) mass is 399 g/mol. The van der Waals surface area contributed by atoms with Crippen molar-refractivity contribution in [3.63, 3.8) is 0 Å². The third-order valence-electron chi connectivity index (χ3n) is 5.13. The second-order valence-corrected chi connectivity index (χ2v) is 7.10. The number of hydrogen-bond acceptors (Lipinski definition) is 4. The van der Waals surface area contributed by atoms with Gasteiger partial charge in [0.25, 0.3) is 5.91 Å². The molecular formula is C24H21N3O3. The number of phenols is 1. The molecule has 0 radical (unpaired) electrons. The minimum atomic E-state index is -0.413. The minimum absolute atomic E-state index is 0.0436. The molecule has 6 nitrogen and oxygen atoms in total. The number of aryl methyl sites for hydroxylation is 2. The van der Waals surface area contributed by atoms with Crippen molar-refractivity contribution in [1.29, 1.82) is 0 Å². The fraction of sp³-hybridized carbons (Fsp3) is 0.0833. The molecule has 0 unspecified atom stereocenters. The Kier molecular flexibility index (Phi) is 4.98. The summed E-state index contributed by atoms with van der Waals surface area (Å²) in [6.07, 6.45) is 1.44. The Morgan fingerprint density at radius 1 is 0.967 bits per heavy atom. The molecule has 1 amide bonds. The van der Waals surface area contributed by atoms with Crippen LogP contribution in [0.25, 0.3) is 16.6 Å². The first-order valence-corrected chi connectivity index (χ1v) is 9.48. The molecule has 3 N–H and O–H groups in total. The number of nitrogens with zero attached hydrogens (tertiary/aromatic N) is 2. The van der Waals surface area contributed by atoms with Crippen molar-refractivity contribution in [3.8, 4) is 17.3 Å². The van der Waals surface area contributed by atoms with E-state index >= 15 is 0 Å². The minimum Gasteiger partial charge on any atom is -0.508 e. The van der Waals surface area contributed by atoms with Crippen molar-refractivity contribution in [1.82, 2.24) is 9.99 Å². The number of carbonyl (C=O) groups excluding carboxylic acids is 1. The Morgan fingerprint density at radius 2 is 1.70 bits per heavy atom. The first-order chi connectivity index (χ1) is 14.5. The highest BCUT2D eigenvalue weighted by atomic mass is 16.3. The third-order valence-corrected chi connectivity index (χ3v) is 5.13. The molecule has 4 rings (SSSR count). The van der Waals surface area contributed by atoms with Crippen molar-refractivity contribution in [3.05, 3.63) is 89.0 Å². The highest BCUT2D eigenvalue weighted by molar-refractivity contribution is 6.04. The number of carbonyl (C=O) groups is 1. The number of hydrazone groups is 1. The summed E-state index contributed by atoms with van der Waals surface area (Å²) in [4.78, 5) is 12.2. The van der Waals surface area contributed by atoms with Crippen LogP contribution >= 0.6 is 0 Å². The van der Waals surface area contributed by atoms with Crippen LogP contribution in [0.3, 0.4) is 0 Å². The molecule has 30 heavy (non-hydrogen) atoms. The average Bonchev–Trinajstić information content (AvgIpc) is 3.02. The number of fused-ring (bicyclic) bond motifs is 1. The lowest BCUT2D eigenvalue weighted by Gasteiger charge is -2.09. The standard InChI is InChI=1S/C24H21N3O3/c1-15-7-10-18(13-16(15)2)27-22-6-4-3-5-20(22)21(24(27)30)14-25-26-23(29)17-8-11-19(28)12-9-17/h3-14,28,30H,1-2H3,(H,26,29). The fourth-order valence-corrected chi connectivity index (χ4v) is 3.34. The maximum atomic E-state index is 12.2. The van der Waals surface area contributed by atoms with E-state index in [1.165, 1.54) is 36.0 Å². The molecule has 0 aliphatic heterocycles. The Hall–Kier alpha value is -4.06. The van der Waals surface area contributed by atoms with Crippen molar-refractivity contribution in [2.45, 2.75) is 13.8 Å². The van der Waals surface area contributed by atoms with Crippen LogP contribution in [0.5, 0.6) is 11.6 Å². The maximum Gasteiger partial charge on any atom is 0.271 e. The molecule has 0 aliphatic carbocycles. The van der Waals surface area contributed by atoms with Crippen LogP contribution in [0.4, 0.5) is 0 Å². The van der Waals surface area contributed by atoms with E-state index in [-0.39, 0.29) is 11.6 Å². The second-order valence-electron chi connectivity index (χ2n) is 7.10. The van der Waals surface area contributed by atoms with Gasteiger partial charge in [-0.1, -0.05) is 24.3 Å². The molecule has 1 heterocycles. The lowest BCUT2D eigenvalue weighted by Crippen LogP contribution is -2.17. The third kappa shape index (κ3) is 3.51. The van der Waals surface area contributed by atoms with Gasteiger partial charge in [0.15, 0.2) is 0 Å². The van der Waals surface area contributed by atoms with Crippen LogP contribution in [0.2, 0.25) is 0 Å². The van der Waals surface area contributed by atoms with Crippen molar-refractivity contribution in [2.24, 2.45) is 5.10 Å². The van der Waals surface area contributed by atoms with Crippen LogP contribution in [-0.2, 0) is 0 Å². The van der Waals surface area contributed by atoms with E-state index in [4.69, 9.17) is 0 Å². The molecule has 6 heteroatoms. The highest BCUT2D eigenvalue weighted by Gasteiger charge is 2.17. The maximum absolute atomic E-state index is 12.2. The molecule has 0 aliphatic rings. The van der Waals surface area contributed by atoms with Crippen molar-refractivity contribution < 1.29 is 15.0 Å². The van der Waals surface area contributed by atoms with E-state index in [2.05, 4.69) is 10.5 Å². The van der Waals surface area contributed by atoms with E-state index in [1.54, 1.807) is 4.57 Å². The Bertz CT molecular complexity index is 1270. The summed E-state index contributed by atoms with van der Waals surface area (Å²) in [6.45, 7) is 4.07. The van der Waals surface area contributed by atoms with Crippen LogP contribution in [0.15, 0.2) is 71.8 Å². The van der Waals surface area contributed by atoms with Crippen molar-refractivity contribution in [2.75, 3.05) is 0 Å². The SMILES string of the molecule is Cc1ccc(-n2c(O)c(C=NNC(=O)c3ccc(O)cc3)c3ccccc32)cc1C. The predicted octanol–water partition coefficient (Wildman–Crippen LogP) is 4.42. The Labute approximate surface area is 173 Å². The molecule has 0 spiro atoms. The Balaban J connectivity index is 1.70. The van der Waals surface area contributed by atoms with Gasteiger partial charge < -0.3 is 10.2 Å². The van der Waals surface area contributed by atoms with Gasteiger partial charge in [-0.3, -0.25) is 9.36 Å². The van der Waals surface area contributed by atoms with Gasteiger partial charge in [-0.2, -0.15) is 5.10 Å². The van der Waals surface area contributed by atoms with E-state index in [0.717, 1.165) is 22.2 Å². The van der Waals surface area contributed by atoms with E-state index in [0.29, 0.717) is 11.1 Å². The summed E-state index contributed by atoms with van der Waals surface area (Å²) in [7, 11) is 0. The molecule has 1 aromatic heterocycles. The molecule has 3 aromatic carbocycles. The quantitative estimate of drug-likeness (QED) is 0.351. The molecule has 0 saturated carbocycles. The first-order valence-electron chi connectivity index (χ1n) is 9.48. The van der Waals surface area contributed by atoms with Gasteiger partial charge >= 0.3 is 0 Å². The lowest BCUT2D eigenvalue weighted by atomic mass is 10.1. The number of aromatic nitrogens is 1. The summed E-state index contributed by atoms with van der Waals surface area (Å²) in [5.41, 5.74) is 7.31. The summed E-state index contributed by atoms with van der Waals surface area (Å²) in [5.74, 6) is -0.287. The van der Waals surface area contributed by atoms with Crippen LogP contribution < -0.4 is 5.43 Å². The summed E-state index contributed by atoms with van der Waals surface area (Å²) >= 11 is 0. The van der Waals surface area contributed by atoms with Gasteiger partial charge in [0.2, 0.25) is 5.88 Å². The molecule has 0 atom stereocenters. The van der Waals surface area contributed by atoms with Gasteiger partial charge in [-0.05, 0) is 67.4 Å². The normalized spacial score (nSPS) is 11.3. The summed E-state index contributed by atoms with van der Waals surface area (Å²) < 4.78 is 1.77. The number of amides is 1. The van der Waals surface area contributed by atoms with Gasteiger partial charge in [-0.15, -0.1) is 0 Å². The molecule has 0 fully saturated rings. The zero-order chi connectivity index (χ0) is 21.3. The molecular weight excluding hydrogens is 378 g/mol. The van der Waals surface area contributed by atoms with Crippen LogP contribution in [-0.4, -0.2) is 26.9 Å². The highest BCUT2D eigenvalue weighted by Crippen LogP contribution is 2.33. The largest absolute Gasteiger partial charge is 0.508 e. The molecule has 4 aromatic rings. The first kappa shape index (κ1) is 19.3. The van der Waals surface area contributed by atoms with Crippen LogP contribution in [0, 0.1) is 13.8 Å². The zero-order valence-corrected chi connectivity index (χ0v) is 16.6. The average molecular weight is 399 g/mol. The van der Waals surface area contributed by atoms with Crippen molar-refractivity contribution >= 4 is 23.0 Å². The van der Waals surface area contributed by atoms with E-state index in [9.17, 15) is 15.0 Å². The van der Waals surface area contributed by atoms with Gasteiger partial charge in [-0.25, -0.2) is 5.43 Å².